The number of sulfonamides is 1. The Balaban J connectivity index is 1.61. The maximum Gasteiger partial charge on any atom is 0.268 e. The minimum Gasteiger partial charge on any atom is -0.347 e. The maximum atomic E-state index is 12.2. The number of nitrogens with zero attached hydrogens (tertiary/aromatic N) is 3. The second-order valence-electron chi connectivity index (χ2n) is 5.24. The zero-order valence-electron chi connectivity index (χ0n) is 12.4. The van der Waals surface area contributed by atoms with Crippen molar-refractivity contribution in [3.8, 4) is 10.8 Å². The Hall–Kier alpha value is -1.78. The molecule has 0 radical (unpaired) electrons. The van der Waals surface area contributed by atoms with Crippen molar-refractivity contribution in [1.29, 1.82) is 0 Å². The van der Waals surface area contributed by atoms with Crippen LogP contribution in [0.2, 0.25) is 0 Å². The number of amides is 1. The predicted octanol–water partition coefficient (Wildman–Crippen LogP) is 0.838. The van der Waals surface area contributed by atoms with Gasteiger partial charge >= 0.3 is 0 Å². The van der Waals surface area contributed by atoms with Gasteiger partial charge in [0.15, 0.2) is 5.82 Å². The van der Waals surface area contributed by atoms with Crippen LogP contribution in [-0.4, -0.2) is 47.6 Å². The number of thiophene rings is 1. The summed E-state index contributed by atoms with van der Waals surface area (Å²) in [5, 5.41) is 8.39. The van der Waals surface area contributed by atoms with Crippen LogP contribution in [0.15, 0.2) is 22.0 Å². The van der Waals surface area contributed by atoms with Crippen molar-refractivity contribution >= 4 is 27.3 Å². The van der Waals surface area contributed by atoms with E-state index < -0.39 is 16.1 Å². The molecule has 1 fully saturated rings. The number of rotatable bonds is 5. The van der Waals surface area contributed by atoms with Gasteiger partial charge in [0, 0.05) is 6.54 Å². The van der Waals surface area contributed by atoms with Crippen molar-refractivity contribution < 1.29 is 17.7 Å². The summed E-state index contributed by atoms with van der Waals surface area (Å²) in [7, 11) is -3.38. The van der Waals surface area contributed by atoms with Crippen LogP contribution in [0.5, 0.6) is 0 Å². The van der Waals surface area contributed by atoms with Gasteiger partial charge in [0.2, 0.25) is 15.9 Å². The third kappa shape index (κ3) is 3.59. The molecule has 1 amide bonds. The molecule has 124 valence electrons. The molecule has 0 aromatic carbocycles. The average Bonchev–Trinajstić information content (AvgIpc) is 3.22. The van der Waals surface area contributed by atoms with Crippen LogP contribution in [0, 0.1) is 0 Å². The van der Waals surface area contributed by atoms with Crippen molar-refractivity contribution in [2.75, 3.05) is 12.8 Å². The highest BCUT2D eigenvalue weighted by Gasteiger charge is 2.36. The van der Waals surface area contributed by atoms with Crippen molar-refractivity contribution in [2.24, 2.45) is 0 Å². The second-order valence-corrected chi connectivity index (χ2v) is 8.13. The molecular formula is C13H16N4O4S2. The molecule has 3 rings (SSSR count). The fraction of sp³-hybridized carbons (Fsp3) is 0.462. The van der Waals surface area contributed by atoms with E-state index in [1.807, 2.05) is 17.5 Å². The van der Waals surface area contributed by atoms with E-state index in [-0.39, 0.29) is 12.5 Å². The molecule has 23 heavy (non-hydrogen) atoms. The lowest BCUT2D eigenvalue weighted by Crippen LogP contribution is -2.45. The van der Waals surface area contributed by atoms with Crippen LogP contribution in [-0.2, 0) is 21.4 Å². The Bertz CT molecular complexity index is 785. The van der Waals surface area contributed by atoms with E-state index in [0.29, 0.717) is 31.1 Å². The Labute approximate surface area is 137 Å². The van der Waals surface area contributed by atoms with E-state index in [0.717, 1.165) is 11.1 Å². The first-order valence-corrected chi connectivity index (χ1v) is 9.79. The summed E-state index contributed by atoms with van der Waals surface area (Å²) < 4.78 is 29.7. The van der Waals surface area contributed by atoms with Gasteiger partial charge in [-0.3, -0.25) is 4.79 Å². The first-order valence-electron chi connectivity index (χ1n) is 7.06. The summed E-state index contributed by atoms with van der Waals surface area (Å²) in [6, 6.07) is 3.09. The molecule has 2 aromatic heterocycles. The average molecular weight is 356 g/mol. The standard InChI is InChI=1S/C13H16N4O4S2/c1-23(19,20)17-6-2-4-9(17)12(18)14-8-11-15-13(21-16-11)10-5-3-7-22-10/h3,5,7,9H,2,4,6,8H2,1H3,(H,14,18)/t9-/m0/s1. The van der Waals surface area contributed by atoms with Crippen molar-refractivity contribution in [3.05, 3.63) is 23.3 Å². The molecule has 10 heteroatoms. The largest absolute Gasteiger partial charge is 0.347 e. The summed E-state index contributed by atoms with van der Waals surface area (Å²) in [4.78, 5) is 17.3. The van der Waals surface area contributed by atoms with Crippen LogP contribution in [0.1, 0.15) is 18.7 Å². The maximum absolute atomic E-state index is 12.2. The summed E-state index contributed by atoms with van der Waals surface area (Å²) in [6.45, 7) is 0.476. The lowest BCUT2D eigenvalue weighted by molar-refractivity contribution is -0.124. The van der Waals surface area contributed by atoms with Gasteiger partial charge in [0.1, 0.15) is 6.04 Å². The minimum absolute atomic E-state index is 0.0990. The van der Waals surface area contributed by atoms with Gasteiger partial charge in [-0.05, 0) is 24.3 Å². The van der Waals surface area contributed by atoms with Crippen molar-refractivity contribution in [3.63, 3.8) is 0 Å². The zero-order chi connectivity index (χ0) is 16.4. The van der Waals surface area contributed by atoms with Crippen LogP contribution >= 0.6 is 11.3 Å². The molecule has 8 nitrogen and oxygen atoms in total. The summed E-state index contributed by atoms with van der Waals surface area (Å²) in [6.07, 6.45) is 2.31. The smallest absolute Gasteiger partial charge is 0.268 e. The number of nitrogens with one attached hydrogen (secondary N) is 1. The Morgan fingerprint density at radius 2 is 2.39 bits per heavy atom. The predicted molar refractivity (Wildman–Crippen MR) is 84.0 cm³/mol. The molecule has 1 atom stereocenters. The van der Waals surface area contributed by atoms with Gasteiger partial charge < -0.3 is 9.84 Å². The highest BCUT2D eigenvalue weighted by Crippen LogP contribution is 2.23. The fourth-order valence-electron chi connectivity index (χ4n) is 2.51. The zero-order valence-corrected chi connectivity index (χ0v) is 14.1. The highest BCUT2D eigenvalue weighted by molar-refractivity contribution is 7.88. The monoisotopic (exact) mass is 356 g/mol. The van der Waals surface area contributed by atoms with Gasteiger partial charge in [-0.2, -0.15) is 9.29 Å². The van der Waals surface area contributed by atoms with Crippen LogP contribution < -0.4 is 5.32 Å². The Morgan fingerprint density at radius 1 is 1.57 bits per heavy atom. The quantitative estimate of drug-likeness (QED) is 0.851. The van der Waals surface area contributed by atoms with Gasteiger partial charge in [0.25, 0.3) is 5.89 Å². The van der Waals surface area contributed by atoms with Gasteiger partial charge in [0.05, 0.1) is 17.7 Å². The SMILES string of the molecule is CS(=O)(=O)N1CCC[C@H]1C(=O)NCc1noc(-c2cccs2)n1. The molecule has 1 aliphatic rings. The van der Waals surface area contributed by atoms with Crippen molar-refractivity contribution in [2.45, 2.75) is 25.4 Å². The topological polar surface area (TPSA) is 105 Å². The van der Waals surface area contributed by atoms with E-state index in [1.54, 1.807) is 0 Å². The van der Waals surface area contributed by atoms with E-state index in [2.05, 4.69) is 15.5 Å². The van der Waals surface area contributed by atoms with E-state index in [9.17, 15) is 13.2 Å². The molecule has 0 unspecified atom stereocenters. The van der Waals surface area contributed by atoms with E-state index in [1.165, 1.54) is 15.6 Å². The summed E-state index contributed by atoms with van der Waals surface area (Å²) >= 11 is 1.48. The first-order chi connectivity index (χ1) is 10.9. The van der Waals surface area contributed by atoms with Gasteiger partial charge in [-0.15, -0.1) is 11.3 Å². The number of aromatic nitrogens is 2. The molecule has 0 bridgehead atoms. The third-order valence-corrected chi connectivity index (χ3v) is 5.70. The van der Waals surface area contributed by atoms with E-state index in [4.69, 9.17) is 4.52 Å². The van der Waals surface area contributed by atoms with Crippen LogP contribution in [0.4, 0.5) is 0 Å². The molecule has 1 saturated heterocycles. The number of carbonyl (C=O) groups excluding carboxylic acids is 1. The molecule has 1 N–H and O–H groups in total. The van der Waals surface area contributed by atoms with Gasteiger partial charge in [-0.1, -0.05) is 11.2 Å². The Kier molecular flexibility index (Phi) is 4.46. The molecule has 2 aromatic rings. The molecule has 3 heterocycles. The molecular weight excluding hydrogens is 340 g/mol. The van der Waals surface area contributed by atoms with Crippen LogP contribution in [0.3, 0.4) is 0 Å². The lowest BCUT2D eigenvalue weighted by Gasteiger charge is -2.20. The fourth-order valence-corrected chi connectivity index (χ4v) is 4.28. The molecule has 1 aliphatic heterocycles. The summed E-state index contributed by atoms with van der Waals surface area (Å²) in [5.74, 6) is 0.420. The van der Waals surface area contributed by atoms with Crippen molar-refractivity contribution in [1.82, 2.24) is 19.8 Å². The first kappa shape index (κ1) is 16.1. The minimum atomic E-state index is -3.38. The van der Waals surface area contributed by atoms with Gasteiger partial charge in [-0.25, -0.2) is 8.42 Å². The normalized spacial score (nSPS) is 19.1. The second kappa shape index (κ2) is 6.38. The number of hydrogen-bond acceptors (Lipinski definition) is 7. The summed E-state index contributed by atoms with van der Waals surface area (Å²) in [5.41, 5.74) is 0. The highest BCUT2D eigenvalue weighted by atomic mass is 32.2. The Morgan fingerprint density at radius 3 is 3.09 bits per heavy atom. The molecule has 0 aliphatic carbocycles. The molecule has 0 saturated carbocycles. The number of carbonyl (C=O) groups is 1. The van der Waals surface area contributed by atoms with E-state index >= 15 is 0 Å². The third-order valence-electron chi connectivity index (χ3n) is 3.55. The molecule has 0 spiro atoms. The lowest BCUT2D eigenvalue weighted by atomic mass is 10.2. The van der Waals surface area contributed by atoms with Crippen LogP contribution in [0.25, 0.3) is 10.8 Å². The number of hydrogen-bond donors (Lipinski definition) is 1.